The summed E-state index contributed by atoms with van der Waals surface area (Å²) in [7, 11) is -3.68. The zero-order valence-electron chi connectivity index (χ0n) is 15.3. The molecule has 3 aromatic rings. The Balaban J connectivity index is 1.85. The molecular weight excluding hydrogens is 366 g/mol. The van der Waals surface area contributed by atoms with Crippen LogP contribution < -0.4 is 10.3 Å². The van der Waals surface area contributed by atoms with Gasteiger partial charge in [0.05, 0.1) is 0 Å². The highest BCUT2D eigenvalue weighted by Gasteiger charge is 2.22. The van der Waals surface area contributed by atoms with Crippen molar-refractivity contribution in [2.24, 2.45) is 0 Å². The number of hydrogen-bond acceptors (Lipinski definition) is 5. The van der Waals surface area contributed by atoms with Crippen LogP contribution in [0.2, 0.25) is 0 Å². The number of hydrogen-bond donors (Lipinski definition) is 2. The molecule has 0 amide bonds. The zero-order valence-corrected chi connectivity index (χ0v) is 16.1. The average molecular weight is 387 g/mol. The molecule has 0 unspecified atom stereocenters. The molecule has 27 heavy (non-hydrogen) atoms. The number of pyridine rings is 2. The van der Waals surface area contributed by atoms with Crippen LogP contribution in [0.15, 0.2) is 58.7 Å². The molecule has 0 atom stereocenters. The number of aromatic amines is 1. The quantitative estimate of drug-likeness (QED) is 0.691. The van der Waals surface area contributed by atoms with Gasteiger partial charge in [0.1, 0.15) is 4.90 Å². The first kappa shape index (κ1) is 19.0. The number of nitrogens with zero attached hydrogens (tertiary/aromatic N) is 3. The van der Waals surface area contributed by atoms with Gasteiger partial charge in [0.25, 0.3) is 5.56 Å². The van der Waals surface area contributed by atoms with Gasteiger partial charge in [-0.2, -0.15) is 0 Å². The van der Waals surface area contributed by atoms with Gasteiger partial charge in [-0.1, -0.05) is 0 Å². The second-order valence-electron chi connectivity index (χ2n) is 7.18. The van der Waals surface area contributed by atoms with Crippen LogP contribution in [0.3, 0.4) is 0 Å². The summed E-state index contributed by atoms with van der Waals surface area (Å²) in [6.07, 6.45) is 6.67. The van der Waals surface area contributed by atoms with E-state index in [0.29, 0.717) is 17.8 Å². The molecule has 0 aliphatic heterocycles. The van der Waals surface area contributed by atoms with E-state index in [9.17, 15) is 13.2 Å². The highest BCUT2D eigenvalue weighted by Crippen LogP contribution is 2.13. The van der Waals surface area contributed by atoms with Crippen molar-refractivity contribution in [2.75, 3.05) is 0 Å². The van der Waals surface area contributed by atoms with E-state index < -0.39 is 15.6 Å². The number of sulfonamides is 1. The molecule has 0 aliphatic rings. The second-order valence-corrected chi connectivity index (χ2v) is 8.86. The third-order valence-electron chi connectivity index (χ3n) is 3.69. The summed E-state index contributed by atoms with van der Waals surface area (Å²) in [5.74, 6) is 0.315. The Morgan fingerprint density at radius 3 is 2.44 bits per heavy atom. The van der Waals surface area contributed by atoms with Crippen molar-refractivity contribution in [3.05, 3.63) is 70.5 Å². The van der Waals surface area contributed by atoms with Gasteiger partial charge in [-0.3, -0.25) is 14.9 Å². The maximum atomic E-state index is 12.6. The van der Waals surface area contributed by atoms with E-state index in [1.165, 1.54) is 23.0 Å². The fraction of sp³-hybridized carbons (Fsp3) is 0.278. The molecule has 2 N–H and O–H groups in total. The van der Waals surface area contributed by atoms with E-state index in [2.05, 4.69) is 19.8 Å². The second kappa shape index (κ2) is 7.09. The summed E-state index contributed by atoms with van der Waals surface area (Å²) in [6.45, 7) is 5.28. The number of aromatic nitrogens is 4. The summed E-state index contributed by atoms with van der Waals surface area (Å²) in [5.41, 5.74) is 0.711. The minimum atomic E-state index is -3.68. The standard InChI is InChI=1S/C18H21N5O3S/c1-18(2,3)22-27(25,26)15-4-5-16(20-12-15)23-17(24)14(11-21-23)10-13-6-8-19-9-7-13/h4-9,11-12,21-22H,10H2,1-3H3. The van der Waals surface area contributed by atoms with Gasteiger partial charge < -0.3 is 0 Å². The molecule has 0 saturated carbocycles. The van der Waals surface area contributed by atoms with E-state index in [1.54, 1.807) is 39.4 Å². The highest BCUT2D eigenvalue weighted by molar-refractivity contribution is 7.89. The summed E-state index contributed by atoms with van der Waals surface area (Å²) in [4.78, 5) is 20.7. The first-order valence-corrected chi connectivity index (χ1v) is 9.83. The largest absolute Gasteiger partial charge is 0.296 e. The lowest BCUT2D eigenvalue weighted by atomic mass is 10.1. The number of nitrogens with one attached hydrogen (secondary N) is 2. The number of rotatable bonds is 5. The third-order valence-corrected chi connectivity index (χ3v) is 5.43. The van der Waals surface area contributed by atoms with Gasteiger partial charge in [-0.15, -0.1) is 0 Å². The van der Waals surface area contributed by atoms with Crippen molar-refractivity contribution < 1.29 is 8.42 Å². The molecule has 0 fully saturated rings. The van der Waals surface area contributed by atoms with Crippen LogP contribution in [0.1, 0.15) is 31.9 Å². The Labute approximate surface area is 157 Å². The van der Waals surface area contributed by atoms with E-state index >= 15 is 0 Å². The maximum Gasteiger partial charge on any atom is 0.276 e. The topological polar surface area (TPSA) is 110 Å². The maximum absolute atomic E-state index is 12.6. The number of H-pyrrole nitrogens is 1. The van der Waals surface area contributed by atoms with Crippen LogP contribution in [-0.2, 0) is 16.4 Å². The monoisotopic (exact) mass is 387 g/mol. The van der Waals surface area contributed by atoms with Gasteiger partial charge in [-0.25, -0.2) is 22.8 Å². The van der Waals surface area contributed by atoms with E-state index in [1.807, 2.05) is 12.1 Å². The van der Waals surface area contributed by atoms with Crippen LogP contribution >= 0.6 is 0 Å². The van der Waals surface area contributed by atoms with Gasteiger partial charge >= 0.3 is 0 Å². The Bertz CT molecular complexity index is 1080. The fourth-order valence-electron chi connectivity index (χ4n) is 2.55. The van der Waals surface area contributed by atoms with E-state index in [0.717, 1.165) is 5.56 Å². The van der Waals surface area contributed by atoms with E-state index in [4.69, 9.17) is 0 Å². The smallest absolute Gasteiger partial charge is 0.276 e. The molecule has 0 bridgehead atoms. The first-order chi connectivity index (χ1) is 12.7. The summed E-state index contributed by atoms with van der Waals surface area (Å²) < 4.78 is 28.5. The normalized spacial score (nSPS) is 12.3. The summed E-state index contributed by atoms with van der Waals surface area (Å²) in [6, 6.07) is 6.60. The molecule has 0 radical (unpaired) electrons. The molecule has 0 aromatic carbocycles. The average Bonchev–Trinajstić information content (AvgIpc) is 2.95. The van der Waals surface area contributed by atoms with Crippen molar-refractivity contribution in [1.29, 1.82) is 0 Å². The SMILES string of the molecule is CC(C)(C)NS(=O)(=O)c1ccc(-n2[nH]cc(Cc3ccncc3)c2=O)nc1. The lowest BCUT2D eigenvalue weighted by Crippen LogP contribution is -2.40. The molecule has 142 valence electrons. The Morgan fingerprint density at radius 1 is 1.15 bits per heavy atom. The van der Waals surface area contributed by atoms with Crippen molar-refractivity contribution in [2.45, 2.75) is 37.6 Å². The van der Waals surface area contributed by atoms with Crippen molar-refractivity contribution in [3.8, 4) is 5.82 Å². The third kappa shape index (κ3) is 4.50. The lowest BCUT2D eigenvalue weighted by molar-refractivity contribution is 0.491. The molecule has 8 nitrogen and oxygen atoms in total. The van der Waals surface area contributed by atoms with Gasteiger partial charge in [-0.05, 0) is 50.6 Å². The van der Waals surface area contributed by atoms with Crippen molar-refractivity contribution in [1.82, 2.24) is 24.5 Å². The van der Waals surface area contributed by atoms with Crippen LogP contribution in [-0.4, -0.2) is 33.7 Å². The first-order valence-electron chi connectivity index (χ1n) is 8.34. The van der Waals surface area contributed by atoms with Crippen LogP contribution in [0.4, 0.5) is 0 Å². The van der Waals surface area contributed by atoms with Crippen LogP contribution in [0.25, 0.3) is 5.82 Å². The zero-order chi connectivity index (χ0) is 19.7. The van der Waals surface area contributed by atoms with Gasteiger partial charge in [0, 0.05) is 42.3 Å². The van der Waals surface area contributed by atoms with Crippen molar-refractivity contribution in [3.63, 3.8) is 0 Å². The molecule has 0 spiro atoms. The molecule has 0 aliphatic carbocycles. The fourth-order valence-corrected chi connectivity index (χ4v) is 3.91. The molecule has 3 rings (SSSR count). The Kier molecular flexibility index (Phi) is 4.99. The highest BCUT2D eigenvalue weighted by atomic mass is 32.2. The molecule has 0 saturated heterocycles. The molecule has 3 aromatic heterocycles. The van der Waals surface area contributed by atoms with Gasteiger partial charge in [0.15, 0.2) is 5.82 Å². The predicted octanol–water partition coefficient (Wildman–Crippen LogP) is 1.62. The lowest BCUT2D eigenvalue weighted by Gasteiger charge is -2.20. The summed E-state index contributed by atoms with van der Waals surface area (Å²) >= 11 is 0. The minimum absolute atomic E-state index is 0.0396. The molecule has 3 heterocycles. The molecule has 9 heteroatoms. The minimum Gasteiger partial charge on any atom is -0.296 e. The molecular formula is C18H21N5O3S. The van der Waals surface area contributed by atoms with E-state index in [-0.39, 0.29) is 10.5 Å². The van der Waals surface area contributed by atoms with Gasteiger partial charge in [0.2, 0.25) is 10.0 Å². The predicted molar refractivity (Wildman–Crippen MR) is 101 cm³/mol. The Hall–Kier alpha value is -2.78. The Morgan fingerprint density at radius 2 is 1.85 bits per heavy atom. The summed E-state index contributed by atoms with van der Waals surface area (Å²) in [5, 5.41) is 2.87. The van der Waals surface area contributed by atoms with Crippen molar-refractivity contribution >= 4 is 10.0 Å². The van der Waals surface area contributed by atoms with Crippen LogP contribution in [0, 0.1) is 0 Å². The van der Waals surface area contributed by atoms with Crippen LogP contribution in [0.5, 0.6) is 0 Å².